The number of nitrogens with one attached hydrogen (secondary N) is 1. The van der Waals surface area contributed by atoms with Gasteiger partial charge in [-0.2, -0.15) is 5.21 Å². The van der Waals surface area contributed by atoms with Crippen molar-refractivity contribution in [2.24, 2.45) is 0 Å². The molecule has 1 N–H and O–H groups in total. The van der Waals surface area contributed by atoms with Crippen molar-refractivity contribution in [3.05, 3.63) is 59.9 Å². The first-order valence-electron chi connectivity index (χ1n) is 12.5. The molecule has 0 radical (unpaired) electrons. The van der Waals surface area contributed by atoms with E-state index in [4.69, 9.17) is 19.6 Å². The van der Waals surface area contributed by atoms with Gasteiger partial charge in [0, 0.05) is 45.0 Å². The van der Waals surface area contributed by atoms with Gasteiger partial charge < -0.3 is 9.47 Å². The molecule has 1 aromatic carbocycles. The highest BCUT2D eigenvalue weighted by molar-refractivity contribution is 5.79. The molecule has 0 spiro atoms. The summed E-state index contributed by atoms with van der Waals surface area (Å²) in [5, 5.41) is 19.3. The number of hydrogen-bond acceptors (Lipinski definition) is 8. The zero-order valence-electron chi connectivity index (χ0n) is 21.4. The molecule has 3 heterocycles. The van der Waals surface area contributed by atoms with Crippen LogP contribution in [0.25, 0.3) is 22.5 Å². The predicted octanol–water partition coefficient (Wildman–Crippen LogP) is 4.55. The van der Waals surface area contributed by atoms with Gasteiger partial charge in [-0.25, -0.2) is 9.67 Å². The number of rotatable bonds is 13. The summed E-state index contributed by atoms with van der Waals surface area (Å²) in [6.45, 7) is 4.94. The monoisotopic (exact) mass is 490 g/mol. The lowest BCUT2D eigenvalue weighted by Crippen LogP contribution is -2.32. The van der Waals surface area contributed by atoms with Crippen LogP contribution in [0.5, 0.6) is 0 Å². The Morgan fingerprint density at radius 2 is 1.75 bits per heavy atom. The molecular weight excluding hydrogens is 456 g/mol. The molecule has 3 aromatic heterocycles. The van der Waals surface area contributed by atoms with E-state index in [1.54, 1.807) is 26.6 Å². The second kappa shape index (κ2) is 12.0. The molecule has 0 unspecified atom stereocenters. The van der Waals surface area contributed by atoms with Gasteiger partial charge in [0.25, 0.3) is 0 Å². The van der Waals surface area contributed by atoms with E-state index in [-0.39, 0.29) is 0 Å². The second-order valence-electron chi connectivity index (χ2n) is 8.73. The summed E-state index contributed by atoms with van der Waals surface area (Å²) in [4.78, 5) is 9.12. The second-order valence-corrected chi connectivity index (χ2v) is 8.73. The largest absolute Gasteiger partial charge is 0.347 e. The van der Waals surface area contributed by atoms with E-state index in [0.717, 1.165) is 60.2 Å². The highest BCUT2D eigenvalue weighted by Crippen LogP contribution is 2.31. The third kappa shape index (κ3) is 5.50. The molecule has 0 saturated carbocycles. The quantitative estimate of drug-likeness (QED) is 0.271. The number of aromatic amines is 1. The normalized spacial score (nSPS) is 11.8. The van der Waals surface area contributed by atoms with Crippen molar-refractivity contribution in [1.82, 2.24) is 40.4 Å². The van der Waals surface area contributed by atoms with Crippen LogP contribution in [0.15, 0.2) is 42.7 Å². The molecule has 0 saturated heterocycles. The van der Waals surface area contributed by atoms with E-state index in [9.17, 15) is 0 Å². The molecule has 4 rings (SSSR count). The van der Waals surface area contributed by atoms with Crippen molar-refractivity contribution in [3.63, 3.8) is 0 Å². The maximum absolute atomic E-state index is 5.82. The first-order chi connectivity index (χ1) is 17.6. The molecule has 0 aliphatic carbocycles. The van der Waals surface area contributed by atoms with Crippen LogP contribution in [-0.2, 0) is 28.2 Å². The summed E-state index contributed by atoms with van der Waals surface area (Å²) >= 11 is 0. The molecule has 10 nitrogen and oxygen atoms in total. The molecule has 36 heavy (non-hydrogen) atoms. The van der Waals surface area contributed by atoms with Gasteiger partial charge in [0.05, 0.1) is 6.54 Å². The molecule has 0 aliphatic heterocycles. The number of aromatic nitrogens is 8. The van der Waals surface area contributed by atoms with Gasteiger partial charge in [-0.3, -0.25) is 4.98 Å². The van der Waals surface area contributed by atoms with Crippen LogP contribution in [0.3, 0.4) is 0 Å². The maximum Gasteiger partial charge on any atom is 0.231 e. The average Bonchev–Trinajstić information content (AvgIpc) is 3.60. The summed E-state index contributed by atoms with van der Waals surface area (Å²) in [6.07, 6.45) is 9.20. The highest BCUT2D eigenvalue weighted by Gasteiger charge is 2.37. The van der Waals surface area contributed by atoms with Crippen LogP contribution in [0, 0.1) is 0 Å². The first kappa shape index (κ1) is 25.6. The topological polar surface area (TPSA) is 117 Å². The third-order valence-electron chi connectivity index (χ3n) is 6.37. The predicted molar refractivity (Wildman–Crippen MR) is 136 cm³/mol. The van der Waals surface area contributed by atoms with Gasteiger partial charge in [-0.15, -0.1) is 15.3 Å². The minimum Gasteiger partial charge on any atom is -0.347 e. The minimum absolute atomic E-state index is 0.515. The zero-order chi connectivity index (χ0) is 25.4. The number of benzene rings is 1. The van der Waals surface area contributed by atoms with Crippen molar-refractivity contribution < 1.29 is 9.47 Å². The number of hydrogen-bond donors (Lipinski definition) is 1. The van der Waals surface area contributed by atoms with Crippen LogP contribution < -0.4 is 0 Å². The molecule has 4 aromatic rings. The maximum atomic E-state index is 5.82. The fraction of sp³-hybridized carbons (Fsp3) is 0.462. The first-order valence-corrected chi connectivity index (χ1v) is 12.5. The van der Waals surface area contributed by atoms with Crippen molar-refractivity contribution in [2.75, 3.05) is 14.2 Å². The van der Waals surface area contributed by atoms with E-state index in [2.05, 4.69) is 63.7 Å². The molecule has 0 aliphatic rings. The standard InChI is InChI=1S/C26H34N8O2/c1-5-7-9-23-28-25(26(35-3,36-4)15-8-6-2)31-34(23)18-19-10-12-20(13-11-19)21-14-16-27-17-22(21)24-29-32-33-30-24/h10-14,16-17H,5-9,15,18H2,1-4H3,(H,29,30,32,33). The summed E-state index contributed by atoms with van der Waals surface area (Å²) in [5.41, 5.74) is 3.98. The summed E-state index contributed by atoms with van der Waals surface area (Å²) in [6, 6.07) is 10.4. The fourth-order valence-corrected chi connectivity index (χ4v) is 4.24. The van der Waals surface area contributed by atoms with Crippen LogP contribution >= 0.6 is 0 Å². The summed E-state index contributed by atoms with van der Waals surface area (Å²) in [7, 11) is 3.32. The fourth-order valence-electron chi connectivity index (χ4n) is 4.24. The Hall–Kier alpha value is -3.50. The van der Waals surface area contributed by atoms with E-state index in [1.807, 2.05) is 10.7 Å². The number of unbranched alkanes of at least 4 members (excludes halogenated alkanes) is 2. The zero-order valence-corrected chi connectivity index (χ0v) is 21.4. The van der Waals surface area contributed by atoms with Crippen molar-refractivity contribution in [2.45, 2.75) is 64.7 Å². The molecule has 0 fully saturated rings. The number of aryl methyl sites for hydroxylation is 1. The SMILES string of the molecule is CCCCc1nc(C(CCCC)(OC)OC)nn1Cc1ccc(-c2ccncc2-c2nn[nH]n2)cc1. The number of tetrazole rings is 1. The van der Waals surface area contributed by atoms with Crippen LogP contribution in [-0.4, -0.2) is 54.6 Å². The number of pyridine rings is 1. The summed E-state index contributed by atoms with van der Waals surface area (Å²) < 4.78 is 13.6. The Bertz CT molecular complexity index is 1220. The Morgan fingerprint density at radius 3 is 2.42 bits per heavy atom. The highest BCUT2D eigenvalue weighted by atomic mass is 16.7. The lowest BCUT2D eigenvalue weighted by Gasteiger charge is -2.27. The van der Waals surface area contributed by atoms with Crippen molar-refractivity contribution in [1.29, 1.82) is 0 Å². The summed E-state index contributed by atoms with van der Waals surface area (Å²) in [5.74, 6) is 1.12. The molecule has 0 amide bonds. The van der Waals surface area contributed by atoms with Gasteiger partial charge in [0.15, 0.2) is 0 Å². The Balaban J connectivity index is 1.61. The molecule has 0 bridgehead atoms. The third-order valence-corrected chi connectivity index (χ3v) is 6.37. The number of methoxy groups -OCH3 is 2. The number of nitrogens with zero attached hydrogens (tertiary/aromatic N) is 7. The molecule has 190 valence electrons. The number of H-pyrrole nitrogens is 1. The van der Waals surface area contributed by atoms with Crippen LogP contribution in [0.4, 0.5) is 0 Å². The van der Waals surface area contributed by atoms with Gasteiger partial charge in [0.2, 0.25) is 17.4 Å². The lowest BCUT2D eigenvalue weighted by molar-refractivity contribution is -0.226. The molecule has 10 heteroatoms. The van der Waals surface area contributed by atoms with Crippen molar-refractivity contribution >= 4 is 0 Å². The van der Waals surface area contributed by atoms with E-state index < -0.39 is 5.79 Å². The Labute approximate surface area is 211 Å². The lowest BCUT2D eigenvalue weighted by atomic mass is 10.00. The molecule has 0 atom stereocenters. The van der Waals surface area contributed by atoms with E-state index in [0.29, 0.717) is 24.6 Å². The Kier molecular flexibility index (Phi) is 8.50. The minimum atomic E-state index is -0.932. The van der Waals surface area contributed by atoms with Gasteiger partial charge in [0.1, 0.15) is 5.82 Å². The van der Waals surface area contributed by atoms with Crippen LogP contribution in [0.2, 0.25) is 0 Å². The van der Waals surface area contributed by atoms with Crippen LogP contribution in [0.1, 0.15) is 63.2 Å². The Morgan fingerprint density at radius 1 is 0.972 bits per heavy atom. The van der Waals surface area contributed by atoms with Gasteiger partial charge in [-0.05, 0) is 40.8 Å². The van der Waals surface area contributed by atoms with Crippen molar-refractivity contribution in [3.8, 4) is 22.5 Å². The molecular formula is C26H34N8O2. The van der Waals surface area contributed by atoms with E-state index >= 15 is 0 Å². The number of ether oxygens (including phenoxy) is 2. The van der Waals surface area contributed by atoms with E-state index in [1.165, 1.54) is 0 Å². The smallest absolute Gasteiger partial charge is 0.231 e. The van der Waals surface area contributed by atoms with Gasteiger partial charge >= 0.3 is 0 Å². The van der Waals surface area contributed by atoms with Gasteiger partial charge in [-0.1, -0.05) is 51.0 Å². The average molecular weight is 491 g/mol.